The summed E-state index contributed by atoms with van der Waals surface area (Å²) in [4.78, 5) is 14.7. The van der Waals surface area contributed by atoms with Crippen LogP contribution in [0, 0.1) is 0 Å². The molecule has 2 heterocycles. The molecule has 1 saturated heterocycles. The second kappa shape index (κ2) is 9.15. The predicted octanol–water partition coefficient (Wildman–Crippen LogP) is 2.74. The molecule has 0 radical (unpaired) electrons. The van der Waals surface area contributed by atoms with Crippen molar-refractivity contribution in [3.05, 3.63) is 53.6 Å². The first-order valence-electron chi connectivity index (χ1n) is 10.1. The third-order valence-corrected chi connectivity index (χ3v) is 5.31. The van der Waals surface area contributed by atoms with Gasteiger partial charge in [0.1, 0.15) is 13.2 Å². The molecule has 2 amide bonds. The fraction of sp³-hybridized carbons (Fsp3) is 0.409. The second-order valence-electron chi connectivity index (χ2n) is 7.44. The Morgan fingerprint density at radius 2 is 1.76 bits per heavy atom. The lowest BCUT2D eigenvalue weighted by Crippen LogP contribution is -2.35. The number of piperidine rings is 1. The number of hydrogen-bond donors (Lipinski definition) is 3. The van der Waals surface area contributed by atoms with Gasteiger partial charge >= 0.3 is 6.03 Å². The van der Waals surface area contributed by atoms with Gasteiger partial charge in [0.2, 0.25) is 0 Å². The monoisotopic (exact) mass is 397 g/mol. The topological polar surface area (TPSA) is 83.1 Å². The lowest BCUT2D eigenvalue weighted by atomic mass is 10.0. The summed E-state index contributed by atoms with van der Waals surface area (Å²) in [5, 5.41) is 15.5. The zero-order chi connectivity index (χ0) is 20.1. The van der Waals surface area contributed by atoms with Crippen LogP contribution in [0.3, 0.4) is 0 Å². The molecular formula is C22H27N3O4. The Kier molecular flexibility index (Phi) is 6.17. The first kappa shape index (κ1) is 19.5. The van der Waals surface area contributed by atoms with Crippen molar-refractivity contribution in [1.29, 1.82) is 0 Å². The van der Waals surface area contributed by atoms with Gasteiger partial charge in [-0.15, -0.1) is 0 Å². The van der Waals surface area contributed by atoms with E-state index in [4.69, 9.17) is 9.47 Å². The van der Waals surface area contributed by atoms with Gasteiger partial charge in [-0.3, -0.25) is 4.90 Å². The minimum absolute atomic E-state index is 0.174. The smallest absolute Gasteiger partial charge is 0.319 e. The van der Waals surface area contributed by atoms with Gasteiger partial charge in [-0.2, -0.15) is 0 Å². The molecule has 0 aliphatic carbocycles. The molecule has 0 spiro atoms. The van der Waals surface area contributed by atoms with E-state index < -0.39 is 0 Å². The highest BCUT2D eigenvalue weighted by Crippen LogP contribution is 2.32. The van der Waals surface area contributed by atoms with Crippen LogP contribution in [0.4, 0.5) is 10.5 Å². The lowest BCUT2D eigenvalue weighted by Gasteiger charge is -2.30. The molecule has 2 aromatic carbocycles. The number of carbonyl (C=O) groups excluding carboxylic acids is 1. The Hall–Kier alpha value is -2.77. The normalized spacial score (nSPS) is 17.0. The van der Waals surface area contributed by atoms with Crippen molar-refractivity contribution >= 4 is 11.7 Å². The van der Waals surface area contributed by atoms with E-state index in [1.165, 1.54) is 5.56 Å². The maximum absolute atomic E-state index is 12.4. The maximum atomic E-state index is 12.4. The van der Waals surface area contributed by atoms with Crippen molar-refractivity contribution in [3.63, 3.8) is 0 Å². The van der Waals surface area contributed by atoms with E-state index in [2.05, 4.69) is 21.6 Å². The van der Waals surface area contributed by atoms with Gasteiger partial charge in [0.05, 0.1) is 6.10 Å². The largest absolute Gasteiger partial charge is 0.486 e. The van der Waals surface area contributed by atoms with Crippen molar-refractivity contribution < 1.29 is 19.4 Å². The number of ether oxygens (including phenoxy) is 2. The van der Waals surface area contributed by atoms with Gasteiger partial charge in [0.25, 0.3) is 0 Å². The van der Waals surface area contributed by atoms with Gasteiger partial charge in [0.15, 0.2) is 11.5 Å². The summed E-state index contributed by atoms with van der Waals surface area (Å²) in [5.41, 5.74) is 2.95. The molecule has 2 aliphatic rings. The van der Waals surface area contributed by atoms with Crippen LogP contribution in [0.2, 0.25) is 0 Å². The van der Waals surface area contributed by atoms with Gasteiger partial charge in [-0.1, -0.05) is 24.3 Å². The average Bonchev–Trinajstić information content (AvgIpc) is 2.75. The molecule has 0 bridgehead atoms. The molecule has 7 heteroatoms. The van der Waals surface area contributed by atoms with E-state index in [0.29, 0.717) is 36.9 Å². The van der Waals surface area contributed by atoms with E-state index in [1.807, 2.05) is 18.2 Å². The third kappa shape index (κ3) is 5.19. The minimum Gasteiger partial charge on any atom is -0.486 e. The number of aliphatic hydroxyl groups excluding tert-OH is 1. The summed E-state index contributed by atoms with van der Waals surface area (Å²) < 4.78 is 11.1. The number of benzene rings is 2. The highest BCUT2D eigenvalue weighted by molar-refractivity contribution is 5.89. The molecule has 0 aromatic heterocycles. The molecule has 0 atom stereocenters. The zero-order valence-electron chi connectivity index (χ0n) is 16.4. The molecule has 3 N–H and O–H groups in total. The van der Waals surface area contributed by atoms with Crippen molar-refractivity contribution in [1.82, 2.24) is 10.2 Å². The Morgan fingerprint density at radius 1 is 1.03 bits per heavy atom. The maximum Gasteiger partial charge on any atom is 0.319 e. The molecule has 154 valence electrons. The van der Waals surface area contributed by atoms with Gasteiger partial charge < -0.3 is 25.2 Å². The van der Waals surface area contributed by atoms with Crippen LogP contribution >= 0.6 is 0 Å². The van der Waals surface area contributed by atoms with E-state index in [1.54, 1.807) is 18.2 Å². The van der Waals surface area contributed by atoms with Crippen LogP contribution in [0.5, 0.6) is 11.5 Å². The fourth-order valence-electron chi connectivity index (χ4n) is 3.67. The predicted molar refractivity (Wildman–Crippen MR) is 110 cm³/mol. The number of urea groups is 1. The van der Waals surface area contributed by atoms with E-state index in [0.717, 1.165) is 38.0 Å². The zero-order valence-corrected chi connectivity index (χ0v) is 16.4. The van der Waals surface area contributed by atoms with Gasteiger partial charge in [0, 0.05) is 37.9 Å². The Balaban J connectivity index is 1.32. The number of anilines is 1. The number of fused-ring (bicyclic) bond motifs is 1. The highest BCUT2D eigenvalue weighted by Gasteiger charge is 2.18. The molecule has 29 heavy (non-hydrogen) atoms. The van der Waals surface area contributed by atoms with Gasteiger partial charge in [-0.05, 0) is 36.1 Å². The highest BCUT2D eigenvalue weighted by atomic mass is 16.6. The number of rotatable bonds is 5. The Labute approximate surface area is 170 Å². The van der Waals surface area contributed by atoms with E-state index in [9.17, 15) is 9.90 Å². The summed E-state index contributed by atoms with van der Waals surface area (Å²) in [7, 11) is 0. The summed E-state index contributed by atoms with van der Waals surface area (Å²) >= 11 is 0. The van der Waals surface area contributed by atoms with Crippen LogP contribution in [0.15, 0.2) is 42.5 Å². The van der Waals surface area contributed by atoms with E-state index in [-0.39, 0.29) is 12.1 Å². The number of aliphatic hydroxyl groups is 1. The minimum atomic E-state index is -0.266. The number of hydrogen-bond acceptors (Lipinski definition) is 5. The molecule has 0 unspecified atom stereocenters. The van der Waals surface area contributed by atoms with Crippen molar-refractivity contribution in [2.45, 2.75) is 32.0 Å². The number of amides is 2. The standard InChI is InChI=1S/C22H27N3O4/c26-19-7-9-25(10-8-19)15-17-4-2-1-3-16(17)14-23-22(27)24-18-5-6-20-21(13-18)29-12-11-28-20/h1-6,13,19,26H,7-12,14-15H2,(H2,23,24,27). The molecule has 2 aliphatic heterocycles. The average molecular weight is 397 g/mol. The fourth-order valence-corrected chi connectivity index (χ4v) is 3.67. The Bertz CT molecular complexity index is 850. The molecule has 4 rings (SSSR count). The quantitative estimate of drug-likeness (QED) is 0.723. The molecule has 2 aromatic rings. The molecule has 7 nitrogen and oxygen atoms in total. The lowest BCUT2D eigenvalue weighted by molar-refractivity contribution is 0.0791. The number of nitrogens with zero attached hydrogens (tertiary/aromatic N) is 1. The van der Waals surface area contributed by atoms with Crippen LogP contribution in [-0.4, -0.2) is 48.4 Å². The summed E-state index contributed by atoms with van der Waals surface area (Å²) in [6.07, 6.45) is 1.46. The van der Waals surface area contributed by atoms with Crippen LogP contribution in [-0.2, 0) is 13.1 Å². The number of nitrogens with one attached hydrogen (secondary N) is 2. The number of carbonyl (C=O) groups is 1. The first-order valence-corrected chi connectivity index (χ1v) is 10.1. The summed E-state index contributed by atoms with van der Waals surface area (Å²) in [5.74, 6) is 1.34. The second-order valence-corrected chi connectivity index (χ2v) is 7.44. The molecule has 1 fully saturated rings. The summed E-state index contributed by atoms with van der Waals surface area (Å²) in [6, 6.07) is 13.2. The molecule has 0 saturated carbocycles. The Morgan fingerprint density at radius 3 is 2.55 bits per heavy atom. The van der Waals surface area contributed by atoms with Gasteiger partial charge in [-0.25, -0.2) is 4.79 Å². The molecular weight excluding hydrogens is 370 g/mol. The van der Waals surface area contributed by atoms with Crippen LogP contribution in [0.1, 0.15) is 24.0 Å². The number of likely N-dealkylation sites (tertiary alicyclic amines) is 1. The van der Waals surface area contributed by atoms with Crippen LogP contribution < -0.4 is 20.1 Å². The van der Waals surface area contributed by atoms with Crippen molar-refractivity contribution in [3.8, 4) is 11.5 Å². The van der Waals surface area contributed by atoms with E-state index >= 15 is 0 Å². The van der Waals surface area contributed by atoms with Crippen molar-refractivity contribution in [2.75, 3.05) is 31.6 Å². The third-order valence-electron chi connectivity index (χ3n) is 5.31. The van der Waals surface area contributed by atoms with Crippen LogP contribution in [0.25, 0.3) is 0 Å². The summed E-state index contributed by atoms with van der Waals surface area (Å²) in [6.45, 7) is 4.12. The first-order chi connectivity index (χ1) is 14.2. The van der Waals surface area contributed by atoms with Crippen molar-refractivity contribution in [2.24, 2.45) is 0 Å². The SMILES string of the molecule is O=C(NCc1ccccc1CN1CCC(O)CC1)Nc1ccc2c(c1)OCCO2.